The van der Waals surface area contributed by atoms with Gasteiger partial charge in [0.2, 0.25) is 12.1 Å². The molecule has 9 heteroatoms. The molecule has 0 atom stereocenters. The van der Waals surface area contributed by atoms with Gasteiger partial charge in [0.25, 0.3) is 0 Å². The van der Waals surface area contributed by atoms with E-state index >= 15 is 0 Å². The van der Waals surface area contributed by atoms with Crippen LogP contribution < -0.4 is 0 Å². The monoisotopic (exact) mass is 557 g/mol. The van der Waals surface area contributed by atoms with Crippen LogP contribution in [0.2, 0.25) is 0 Å². The molecule has 1 N–H and O–H groups in total. The molecule has 42 heavy (non-hydrogen) atoms. The Morgan fingerprint density at radius 3 is 2.31 bits per heavy atom. The Balaban J connectivity index is 1.28. The van der Waals surface area contributed by atoms with Gasteiger partial charge in [0.1, 0.15) is 17.0 Å². The second-order valence-electron chi connectivity index (χ2n) is 10.4. The number of hydrogen-bond acceptors (Lipinski definition) is 7. The Labute approximate surface area is 243 Å². The highest BCUT2D eigenvalue weighted by Gasteiger charge is 2.26. The lowest BCUT2D eigenvalue weighted by Gasteiger charge is -2.15. The van der Waals surface area contributed by atoms with Crippen LogP contribution in [0.1, 0.15) is 43.1 Å². The van der Waals surface area contributed by atoms with E-state index in [0.29, 0.717) is 25.6 Å². The van der Waals surface area contributed by atoms with Crippen molar-refractivity contribution in [2.75, 3.05) is 13.2 Å². The van der Waals surface area contributed by atoms with Gasteiger partial charge in [-0.3, -0.25) is 0 Å². The number of fused-ring (bicyclic) bond motifs is 1. The van der Waals surface area contributed by atoms with Crippen LogP contribution in [0.25, 0.3) is 44.8 Å². The lowest BCUT2D eigenvalue weighted by molar-refractivity contribution is -0.0466. The van der Waals surface area contributed by atoms with Crippen LogP contribution in [0.3, 0.4) is 0 Å². The average Bonchev–Trinajstić information content (AvgIpc) is 3.83. The van der Waals surface area contributed by atoms with Crippen molar-refractivity contribution < 1.29 is 9.47 Å². The average molecular weight is 558 g/mol. The number of aryl methyl sites for hydroxylation is 1. The number of tetrazole rings is 1. The molecule has 6 aromatic rings. The van der Waals surface area contributed by atoms with Gasteiger partial charge in [-0.05, 0) is 40.0 Å². The fourth-order valence-electron chi connectivity index (χ4n) is 5.52. The van der Waals surface area contributed by atoms with Crippen LogP contribution >= 0.6 is 0 Å². The summed E-state index contributed by atoms with van der Waals surface area (Å²) in [7, 11) is 0. The first-order valence-corrected chi connectivity index (χ1v) is 14.4. The van der Waals surface area contributed by atoms with Gasteiger partial charge in [0.15, 0.2) is 5.65 Å². The molecule has 0 unspecified atom stereocenters. The minimum atomic E-state index is -0.495. The number of rotatable bonds is 9. The van der Waals surface area contributed by atoms with Crippen LogP contribution in [-0.4, -0.2) is 48.4 Å². The first-order valence-electron chi connectivity index (χ1n) is 14.4. The Kier molecular flexibility index (Phi) is 7.25. The van der Waals surface area contributed by atoms with E-state index in [1.807, 2.05) is 36.4 Å². The standard InChI is InChI=1S/C33H31N7O2/c1-2-3-13-29-34-28-20-27(23-9-5-4-6-10-23)30(33-41-18-19-42-33)35-32(28)40(29)21-22-14-16-24(17-15-22)25-11-7-8-12-26(25)31-36-38-39-37-31/h4-12,14-17,20,33H,2-3,13,18-19,21H2,1H3,(H,36,37,38,39). The number of nitrogens with zero attached hydrogens (tertiary/aromatic N) is 6. The second-order valence-corrected chi connectivity index (χ2v) is 10.4. The van der Waals surface area contributed by atoms with Crippen LogP contribution in [-0.2, 0) is 22.4 Å². The lowest BCUT2D eigenvalue weighted by Crippen LogP contribution is -2.09. The minimum absolute atomic E-state index is 0.495. The van der Waals surface area contributed by atoms with Crippen molar-refractivity contribution in [3.63, 3.8) is 0 Å². The van der Waals surface area contributed by atoms with Crippen molar-refractivity contribution in [2.24, 2.45) is 0 Å². The molecular weight excluding hydrogens is 526 g/mol. The van der Waals surface area contributed by atoms with E-state index in [1.54, 1.807) is 0 Å². The molecule has 0 aliphatic carbocycles. The van der Waals surface area contributed by atoms with E-state index in [2.05, 4.69) is 80.6 Å². The van der Waals surface area contributed by atoms with Gasteiger partial charge < -0.3 is 14.0 Å². The maximum atomic E-state index is 5.94. The van der Waals surface area contributed by atoms with E-state index in [9.17, 15) is 0 Å². The normalized spacial score (nSPS) is 13.7. The molecule has 9 nitrogen and oxygen atoms in total. The molecular formula is C33H31N7O2. The third-order valence-corrected chi connectivity index (χ3v) is 7.63. The molecule has 7 rings (SSSR count). The third-order valence-electron chi connectivity index (χ3n) is 7.63. The summed E-state index contributed by atoms with van der Waals surface area (Å²) in [6, 6.07) is 29.1. The number of pyridine rings is 1. The van der Waals surface area contributed by atoms with Gasteiger partial charge in [0, 0.05) is 17.5 Å². The van der Waals surface area contributed by atoms with E-state index in [-0.39, 0.29) is 0 Å². The zero-order valence-electron chi connectivity index (χ0n) is 23.4. The Morgan fingerprint density at radius 2 is 1.57 bits per heavy atom. The number of H-pyrrole nitrogens is 1. The van der Waals surface area contributed by atoms with Crippen LogP contribution in [0.4, 0.5) is 0 Å². The topological polar surface area (TPSA) is 104 Å². The molecule has 1 aliphatic rings. The highest BCUT2D eigenvalue weighted by molar-refractivity contribution is 5.82. The molecule has 1 saturated heterocycles. The van der Waals surface area contributed by atoms with E-state index in [0.717, 1.165) is 75.3 Å². The number of aromatic nitrogens is 7. The van der Waals surface area contributed by atoms with Gasteiger partial charge in [-0.1, -0.05) is 92.2 Å². The van der Waals surface area contributed by atoms with Gasteiger partial charge in [-0.15, -0.1) is 10.2 Å². The number of nitrogens with one attached hydrogen (secondary N) is 1. The quantitative estimate of drug-likeness (QED) is 0.220. The summed E-state index contributed by atoms with van der Waals surface area (Å²) in [4.78, 5) is 10.3. The minimum Gasteiger partial charge on any atom is -0.345 e. The van der Waals surface area contributed by atoms with Crippen molar-refractivity contribution in [2.45, 2.75) is 39.0 Å². The fourth-order valence-corrected chi connectivity index (χ4v) is 5.52. The molecule has 4 heterocycles. The maximum Gasteiger partial charge on any atom is 0.205 e. The largest absolute Gasteiger partial charge is 0.345 e. The van der Waals surface area contributed by atoms with Crippen molar-refractivity contribution >= 4 is 11.2 Å². The molecule has 210 valence electrons. The van der Waals surface area contributed by atoms with Crippen molar-refractivity contribution in [1.82, 2.24) is 35.2 Å². The van der Waals surface area contributed by atoms with Gasteiger partial charge >= 0.3 is 0 Å². The van der Waals surface area contributed by atoms with E-state index < -0.39 is 6.29 Å². The third kappa shape index (κ3) is 5.08. The molecule has 1 aliphatic heterocycles. The predicted molar refractivity (Wildman–Crippen MR) is 160 cm³/mol. The van der Waals surface area contributed by atoms with E-state index in [4.69, 9.17) is 19.4 Å². The molecule has 0 bridgehead atoms. The number of benzene rings is 3. The maximum absolute atomic E-state index is 5.94. The van der Waals surface area contributed by atoms with Crippen molar-refractivity contribution in [1.29, 1.82) is 0 Å². The first kappa shape index (κ1) is 26.2. The Hall–Kier alpha value is -4.73. The summed E-state index contributed by atoms with van der Waals surface area (Å²) >= 11 is 0. The van der Waals surface area contributed by atoms with Crippen LogP contribution in [0.5, 0.6) is 0 Å². The number of hydrogen-bond donors (Lipinski definition) is 1. The predicted octanol–water partition coefficient (Wildman–Crippen LogP) is 6.38. The smallest absolute Gasteiger partial charge is 0.205 e. The molecule has 0 radical (unpaired) electrons. The highest BCUT2D eigenvalue weighted by atomic mass is 16.7. The van der Waals surface area contributed by atoms with Gasteiger partial charge in [0.05, 0.1) is 19.8 Å². The highest BCUT2D eigenvalue weighted by Crippen LogP contribution is 2.35. The number of aromatic amines is 1. The molecule has 0 saturated carbocycles. The lowest BCUT2D eigenvalue weighted by atomic mass is 9.98. The van der Waals surface area contributed by atoms with Gasteiger partial charge in [-0.2, -0.15) is 5.21 Å². The zero-order valence-corrected chi connectivity index (χ0v) is 23.4. The van der Waals surface area contributed by atoms with E-state index in [1.165, 1.54) is 0 Å². The number of imidazole rings is 1. The molecule has 0 amide bonds. The van der Waals surface area contributed by atoms with Crippen LogP contribution in [0.15, 0.2) is 84.9 Å². The summed E-state index contributed by atoms with van der Waals surface area (Å²) in [5, 5.41) is 14.6. The number of ether oxygens (including phenoxy) is 2. The summed E-state index contributed by atoms with van der Waals surface area (Å²) < 4.78 is 14.1. The molecule has 1 fully saturated rings. The Morgan fingerprint density at radius 1 is 0.833 bits per heavy atom. The molecule has 3 aromatic carbocycles. The summed E-state index contributed by atoms with van der Waals surface area (Å²) in [5.41, 5.74) is 8.83. The summed E-state index contributed by atoms with van der Waals surface area (Å²) in [6.45, 7) is 3.98. The summed E-state index contributed by atoms with van der Waals surface area (Å²) in [5.74, 6) is 1.61. The van der Waals surface area contributed by atoms with Gasteiger partial charge in [-0.25, -0.2) is 9.97 Å². The van der Waals surface area contributed by atoms with Crippen LogP contribution in [0, 0.1) is 0 Å². The fraction of sp³-hybridized carbons (Fsp3) is 0.242. The number of unbranched alkanes of at least 4 members (excludes halogenated alkanes) is 1. The van der Waals surface area contributed by atoms with Crippen molar-refractivity contribution in [3.05, 3.63) is 102 Å². The first-order chi connectivity index (χ1) is 20.8. The molecule has 0 spiro atoms. The second kappa shape index (κ2) is 11.6. The SMILES string of the molecule is CCCCc1nc2cc(-c3ccccc3)c(C3OCCO3)nc2n1Cc1ccc(-c2ccccc2-c2nn[nH]n2)cc1. The van der Waals surface area contributed by atoms with Crippen molar-refractivity contribution in [3.8, 4) is 33.6 Å². The Bertz CT molecular complexity index is 1790. The summed E-state index contributed by atoms with van der Waals surface area (Å²) in [6.07, 6.45) is 2.54. The zero-order chi connectivity index (χ0) is 28.3. The molecule has 3 aromatic heterocycles.